The number of benzene rings is 1. The van der Waals surface area contributed by atoms with Crippen molar-refractivity contribution in [1.82, 2.24) is 8.68 Å². The summed E-state index contributed by atoms with van der Waals surface area (Å²) in [5.41, 5.74) is 0.0883. The van der Waals surface area contributed by atoms with Gasteiger partial charge in [0, 0.05) is 12.7 Å². The Morgan fingerprint density at radius 1 is 1.27 bits per heavy atom. The third-order valence-corrected chi connectivity index (χ3v) is 6.83. The van der Waals surface area contributed by atoms with Gasteiger partial charge in [0.05, 0.1) is 6.04 Å². The van der Waals surface area contributed by atoms with Gasteiger partial charge in [-0.2, -0.15) is 8.68 Å². The van der Waals surface area contributed by atoms with E-state index in [-0.39, 0.29) is 9.62 Å². The van der Waals surface area contributed by atoms with Gasteiger partial charge in [0.15, 0.2) is 15.8 Å². The van der Waals surface area contributed by atoms with Crippen LogP contribution in [0.1, 0.15) is 25.5 Å². The number of hydrogen-bond donors (Lipinski definition) is 0. The molecule has 1 fully saturated rings. The quantitative estimate of drug-likeness (QED) is 0.859. The van der Waals surface area contributed by atoms with Gasteiger partial charge in [0.1, 0.15) is 0 Å². The summed E-state index contributed by atoms with van der Waals surface area (Å²) in [7, 11) is -3.68. The van der Waals surface area contributed by atoms with Crippen molar-refractivity contribution in [3.8, 4) is 0 Å². The summed E-state index contributed by atoms with van der Waals surface area (Å²) in [6.07, 6.45) is 1.43. The smallest absolute Gasteiger partial charge is 0.206 e. The van der Waals surface area contributed by atoms with E-state index in [0.29, 0.717) is 12.1 Å². The number of halogens is 2. The zero-order valence-corrected chi connectivity index (χ0v) is 13.6. The number of nitrogens with zero attached hydrogens (tertiary/aromatic N) is 2. The van der Waals surface area contributed by atoms with Crippen molar-refractivity contribution in [1.29, 1.82) is 0 Å². The Balaban J connectivity index is 2.02. The van der Waals surface area contributed by atoms with Crippen LogP contribution in [0.3, 0.4) is 0 Å². The molecular formula is C14H14F2N2O2S2. The highest BCUT2D eigenvalue weighted by Gasteiger charge is 2.52. The van der Waals surface area contributed by atoms with Crippen molar-refractivity contribution < 1.29 is 17.2 Å². The molecule has 1 aliphatic rings. The van der Waals surface area contributed by atoms with Gasteiger partial charge < -0.3 is 0 Å². The highest BCUT2D eigenvalue weighted by atomic mass is 32.2. The van der Waals surface area contributed by atoms with Crippen LogP contribution in [0.4, 0.5) is 8.78 Å². The first-order chi connectivity index (χ1) is 10.2. The topological polar surface area (TPSA) is 50.3 Å². The third kappa shape index (κ3) is 2.35. The Morgan fingerprint density at radius 2 is 2.00 bits per heavy atom. The van der Waals surface area contributed by atoms with Gasteiger partial charge in [-0.1, -0.05) is 19.9 Å². The van der Waals surface area contributed by atoms with Crippen molar-refractivity contribution in [2.24, 2.45) is 5.41 Å². The maximum absolute atomic E-state index is 13.5. The lowest BCUT2D eigenvalue weighted by Gasteiger charge is -2.53. The van der Waals surface area contributed by atoms with E-state index in [4.69, 9.17) is 0 Å². The van der Waals surface area contributed by atoms with Crippen LogP contribution in [-0.4, -0.2) is 23.6 Å². The van der Waals surface area contributed by atoms with Crippen LogP contribution in [-0.2, 0) is 10.0 Å². The Hall–Kier alpha value is -1.38. The summed E-state index contributed by atoms with van der Waals surface area (Å²) in [6, 6.07) is 4.43. The van der Waals surface area contributed by atoms with Crippen LogP contribution in [0.25, 0.3) is 0 Å². The summed E-state index contributed by atoms with van der Waals surface area (Å²) >= 11 is 0.897. The van der Waals surface area contributed by atoms with Crippen LogP contribution in [0, 0.1) is 17.0 Å². The first kappa shape index (κ1) is 15.5. The van der Waals surface area contributed by atoms with Crippen LogP contribution in [0.5, 0.6) is 0 Å². The minimum absolute atomic E-state index is 0.149. The van der Waals surface area contributed by atoms with Gasteiger partial charge in [-0.15, -0.1) is 0 Å². The molecule has 0 aliphatic carbocycles. The average Bonchev–Trinajstić information content (AvgIpc) is 2.95. The third-order valence-electron chi connectivity index (χ3n) is 3.83. The number of rotatable bonds is 3. The minimum Gasteiger partial charge on any atom is -0.206 e. The fourth-order valence-corrected chi connectivity index (χ4v) is 5.62. The normalized spacial score (nSPS) is 21.5. The maximum Gasteiger partial charge on any atom is 0.254 e. The van der Waals surface area contributed by atoms with E-state index in [9.17, 15) is 17.2 Å². The van der Waals surface area contributed by atoms with Crippen LogP contribution >= 0.6 is 11.5 Å². The molecule has 0 amide bonds. The lowest BCUT2D eigenvalue weighted by molar-refractivity contribution is 0.0197. The molecule has 118 valence electrons. The molecule has 2 heterocycles. The first-order valence-corrected chi connectivity index (χ1v) is 8.82. The molecule has 22 heavy (non-hydrogen) atoms. The number of hydrogen-bond acceptors (Lipinski definition) is 4. The summed E-state index contributed by atoms with van der Waals surface area (Å²) in [5.74, 6) is -1.92. The van der Waals surface area contributed by atoms with Crippen LogP contribution in [0.15, 0.2) is 34.7 Å². The summed E-state index contributed by atoms with van der Waals surface area (Å²) in [4.78, 5) is 0. The lowest BCUT2D eigenvalue weighted by atomic mass is 9.74. The molecule has 1 saturated heterocycles. The molecule has 4 nitrogen and oxygen atoms in total. The highest BCUT2D eigenvalue weighted by Crippen LogP contribution is 2.51. The second-order valence-electron chi connectivity index (χ2n) is 5.95. The molecule has 8 heteroatoms. The van der Waals surface area contributed by atoms with Crippen molar-refractivity contribution in [2.45, 2.75) is 24.1 Å². The summed E-state index contributed by atoms with van der Waals surface area (Å²) in [6.45, 7) is 4.12. The van der Waals surface area contributed by atoms with Gasteiger partial charge in [-0.05, 0) is 40.7 Å². The van der Waals surface area contributed by atoms with E-state index in [0.717, 1.165) is 23.7 Å². The predicted octanol–water partition coefficient (Wildman–Crippen LogP) is 3.19. The van der Waals surface area contributed by atoms with Gasteiger partial charge in [0.2, 0.25) is 0 Å². The second kappa shape index (κ2) is 5.07. The van der Waals surface area contributed by atoms with Gasteiger partial charge in [-0.25, -0.2) is 17.2 Å². The first-order valence-electron chi connectivity index (χ1n) is 6.61. The van der Waals surface area contributed by atoms with Crippen molar-refractivity contribution in [3.63, 3.8) is 0 Å². The molecule has 0 N–H and O–H groups in total. The highest BCUT2D eigenvalue weighted by molar-refractivity contribution is 7.91. The molecular weight excluding hydrogens is 330 g/mol. The molecule has 1 aromatic carbocycles. The van der Waals surface area contributed by atoms with Crippen molar-refractivity contribution >= 4 is 21.6 Å². The molecule has 1 atom stereocenters. The monoisotopic (exact) mass is 344 g/mol. The molecule has 0 saturated carbocycles. The van der Waals surface area contributed by atoms with Crippen molar-refractivity contribution in [2.75, 3.05) is 6.54 Å². The van der Waals surface area contributed by atoms with Crippen LogP contribution in [0.2, 0.25) is 0 Å². The number of aromatic nitrogens is 1. The summed E-state index contributed by atoms with van der Waals surface area (Å²) in [5, 5.41) is 0. The SMILES string of the molecule is CC1(C)CN(S(=O)(=O)c2ccns2)C1c1ccc(F)c(F)c1. The average molecular weight is 344 g/mol. The molecule has 1 aromatic heterocycles. The Kier molecular flexibility index (Phi) is 3.58. The zero-order valence-electron chi connectivity index (χ0n) is 12.0. The largest absolute Gasteiger partial charge is 0.254 e. The minimum atomic E-state index is -3.68. The Labute approximate surface area is 131 Å². The van der Waals surface area contributed by atoms with Gasteiger partial charge in [0.25, 0.3) is 10.0 Å². The van der Waals surface area contributed by atoms with Gasteiger partial charge >= 0.3 is 0 Å². The molecule has 3 rings (SSSR count). The number of sulfonamides is 1. The van der Waals surface area contributed by atoms with E-state index in [1.54, 1.807) is 0 Å². The van der Waals surface area contributed by atoms with E-state index >= 15 is 0 Å². The molecule has 0 spiro atoms. The molecule has 1 aliphatic heterocycles. The fraction of sp³-hybridized carbons (Fsp3) is 0.357. The Bertz CT molecular complexity index is 804. The molecule has 1 unspecified atom stereocenters. The van der Waals surface area contributed by atoms with E-state index in [1.807, 2.05) is 13.8 Å². The second-order valence-corrected chi connectivity index (χ2v) is 8.90. The standard InChI is InChI=1S/C14H14F2N2O2S2/c1-14(2)8-18(22(19,20)12-5-6-17-21-12)13(14)9-3-4-10(15)11(16)7-9/h3-7,13H,8H2,1-2H3. The zero-order chi connectivity index (χ0) is 16.1. The predicted molar refractivity (Wildman–Crippen MR) is 78.9 cm³/mol. The molecule has 0 radical (unpaired) electrons. The fourth-order valence-electron chi connectivity index (χ4n) is 2.83. The summed E-state index contributed by atoms with van der Waals surface area (Å²) < 4.78 is 57.1. The Morgan fingerprint density at radius 3 is 2.55 bits per heavy atom. The van der Waals surface area contributed by atoms with Crippen LogP contribution < -0.4 is 0 Å². The molecule has 2 aromatic rings. The lowest BCUT2D eigenvalue weighted by Crippen LogP contribution is -2.57. The van der Waals surface area contributed by atoms with E-state index in [2.05, 4.69) is 4.37 Å². The maximum atomic E-state index is 13.5. The van der Waals surface area contributed by atoms with Gasteiger partial charge in [-0.3, -0.25) is 0 Å². The molecule has 0 bridgehead atoms. The van der Waals surface area contributed by atoms with Crippen molar-refractivity contribution in [3.05, 3.63) is 47.7 Å². The van der Waals surface area contributed by atoms with E-state index in [1.165, 1.54) is 22.6 Å². The van der Waals surface area contributed by atoms with E-state index < -0.39 is 27.7 Å².